The molecule has 0 saturated heterocycles. The molecule has 1 unspecified atom stereocenters. The van der Waals surface area contributed by atoms with Crippen LogP contribution in [0.1, 0.15) is 32.0 Å². The van der Waals surface area contributed by atoms with Crippen LogP contribution in [0.5, 0.6) is 0 Å². The first-order valence-corrected chi connectivity index (χ1v) is 7.17. The van der Waals surface area contributed by atoms with Crippen molar-refractivity contribution in [2.45, 2.75) is 40.3 Å². The smallest absolute Gasteiger partial charge is 0.119 e. The fourth-order valence-corrected chi connectivity index (χ4v) is 1.74. The number of hydrogen-bond acceptors (Lipinski definition) is 5. The lowest BCUT2D eigenvalue weighted by molar-refractivity contribution is 0.110. The van der Waals surface area contributed by atoms with E-state index in [1.54, 1.807) is 0 Å². The van der Waals surface area contributed by atoms with E-state index in [2.05, 4.69) is 22.8 Å². The minimum atomic E-state index is -0.175. The summed E-state index contributed by atoms with van der Waals surface area (Å²) in [5, 5.41) is 7.49. The molecule has 4 N–H and O–H groups in total. The zero-order valence-electron chi connectivity index (χ0n) is 13.6. The average molecular weight is 293 g/mol. The first-order valence-electron chi connectivity index (χ1n) is 7.17. The van der Waals surface area contributed by atoms with Crippen LogP contribution in [0.25, 0.3) is 0 Å². The summed E-state index contributed by atoms with van der Waals surface area (Å²) in [5.74, 6) is 0.764. The van der Waals surface area contributed by atoms with Crippen molar-refractivity contribution < 1.29 is 4.84 Å². The van der Waals surface area contributed by atoms with Crippen molar-refractivity contribution >= 4 is 0 Å². The molecule has 0 saturated carbocycles. The Balaban J connectivity index is 2.50. The Hall–Kier alpha value is -1.79. The minimum Gasteiger partial charge on any atom is -0.414 e. The summed E-state index contributed by atoms with van der Waals surface area (Å²) in [7, 11) is 1.94. The van der Waals surface area contributed by atoms with Gasteiger partial charge in [-0.1, -0.05) is 0 Å². The second-order valence-corrected chi connectivity index (χ2v) is 5.05. The predicted molar refractivity (Wildman–Crippen MR) is 85.0 cm³/mol. The Morgan fingerprint density at radius 3 is 2.81 bits per heavy atom. The fourth-order valence-electron chi connectivity index (χ4n) is 1.74. The van der Waals surface area contributed by atoms with E-state index in [9.17, 15) is 0 Å². The predicted octanol–water partition coefficient (Wildman–Crippen LogP) is 1.49. The molecular weight excluding hydrogens is 266 g/mol. The molecule has 1 heterocycles. The highest BCUT2D eigenvalue weighted by atomic mass is 16.6. The molecule has 0 amide bonds. The minimum absolute atomic E-state index is 0.175. The van der Waals surface area contributed by atoms with Crippen molar-refractivity contribution in [1.29, 1.82) is 0 Å². The van der Waals surface area contributed by atoms with Gasteiger partial charge in [-0.2, -0.15) is 10.6 Å². The van der Waals surface area contributed by atoms with Gasteiger partial charge in [0.05, 0.1) is 6.20 Å². The maximum atomic E-state index is 6.09. The fraction of sp³-hybridized carbons (Fsp3) is 0.533. The molecule has 1 rings (SSSR count). The van der Waals surface area contributed by atoms with E-state index in [1.165, 1.54) is 5.56 Å². The largest absolute Gasteiger partial charge is 0.414 e. The van der Waals surface area contributed by atoms with Gasteiger partial charge in [0.25, 0.3) is 0 Å². The number of aryl methyl sites for hydroxylation is 1. The maximum Gasteiger partial charge on any atom is 0.119 e. The molecule has 21 heavy (non-hydrogen) atoms. The van der Waals surface area contributed by atoms with Gasteiger partial charge in [-0.25, -0.2) is 0 Å². The van der Waals surface area contributed by atoms with Crippen LogP contribution >= 0.6 is 0 Å². The van der Waals surface area contributed by atoms with E-state index in [4.69, 9.17) is 10.6 Å². The Labute approximate surface area is 127 Å². The standard InChI is InChI=1S/C15H27N5O/c1-6-19-21-12(3)7-15(16)11(2)8-17-9-14-10-18-20(5)13(14)4/h7-8,10,15,17,19H,6,9,16H2,1-5H3/b11-8+,12-7+. The van der Waals surface area contributed by atoms with Crippen molar-refractivity contribution in [1.82, 2.24) is 20.6 Å². The van der Waals surface area contributed by atoms with Crippen molar-refractivity contribution in [3.63, 3.8) is 0 Å². The molecule has 0 spiro atoms. The van der Waals surface area contributed by atoms with E-state index in [1.807, 2.05) is 51.0 Å². The second-order valence-electron chi connectivity index (χ2n) is 5.05. The number of allylic oxidation sites excluding steroid dienone is 1. The lowest BCUT2D eigenvalue weighted by Crippen LogP contribution is -2.22. The average Bonchev–Trinajstić information content (AvgIpc) is 2.76. The molecule has 0 aliphatic carbocycles. The summed E-state index contributed by atoms with van der Waals surface area (Å²) >= 11 is 0. The van der Waals surface area contributed by atoms with Crippen LogP contribution in [0.4, 0.5) is 0 Å². The number of nitrogens with two attached hydrogens (primary N) is 1. The van der Waals surface area contributed by atoms with Crippen molar-refractivity contribution in [2.75, 3.05) is 6.54 Å². The number of rotatable bonds is 8. The molecule has 6 nitrogen and oxygen atoms in total. The van der Waals surface area contributed by atoms with Crippen LogP contribution in [0.3, 0.4) is 0 Å². The highest BCUT2D eigenvalue weighted by Crippen LogP contribution is 2.06. The van der Waals surface area contributed by atoms with E-state index < -0.39 is 0 Å². The first kappa shape index (κ1) is 17.3. The van der Waals surface area contributed by atoms with Crippen molar-refractivity contribution in [3.8, 4) is 0 Å². The van der Waals surface area contributed by atoms with Crippen LogP contribution in [0.2, 0.25) is 0 Å². The van der Waals surface area contributed by atoms with Gasteiger partial charge in [0.1, 0.15) is 5.76 Å². The summed E-state index contributed by atoms with van der Waals surface area (Å²) in [5.41, 5.74) is 12.3. The quantitative estimate of drug-likeness (QED) is 0.500. The zero-order chi connectivity index (χ0) is 15.8. The molecule has 0 aliphatic heterocycles. The Morgan fingerprint density at radius 1 is 1.52 bits per heavy atom. The van der Waals surface area contributed by atoms with Crippen LogP contribution in [0, 0.1) is 6.92 Å². The van der Waals surface area contributed by atoms with Crippen LogP contribution in [-0.2, 0) is 18.4 Å². The Kier molecular flexibility index (Phi) is 6.98. The van der Waals surface area contributed by atoms with Crippen LogP contribution in [-0.4, -0.2) is 22.4 Å². The Morgan fingerprint density at radius 2 is 2.24 bits per heavy atom. The third kappa shape index (κ3) is 5.61. The molecule has 0 aliphatic rings. The van der Waals surface area contributed by atoms with Gasteiger partial charge in [-0.3, -0.25) is 4.68 Å². The van der Waals surface area contributed by atoms with Gasteiger partial charge in [0.15, 0.2) is 0 Å². The number of hydrogen-bond donors (Lipinski definition) is 3. The summed E-state index contributed by atoms with van der Waals surface area (Å²) in [4.78, 5) is 5.28. The molecule has 6 heteroatoms. The first-order chi connectivity index (χ1) is 9.95. The maximum absolute atomic E-state index is 6.09. The lowest BCUT2D eigenvalue weighted by Gasteiger charge is -2.11. The number of nitrogens with one attached hydrogen (secondary N) is 2. The summed E-state index contributed by atoms with van der Waals surface area (Å²) in [6, 6.07) is -0.175. The number of aromatic nitrogens is 2. The second kappa shape index (κ2) is 8.49. The topological polar surface area (TPSA) is 77.1 Å². The van der Waals surface area contributed by atoms with Gasteiger partial charge in [-0.05, 0) is 45.5 Å². The van der Waals surface area contributed by atoms with Crippen LogP contribution in [0.15, 0.2) is 29.8 Å². The molecule has 0 fully saturated rings. The molecule has 1 aromatic heterocycles. The van der Waals surface area contributed by atoms with E-state index in [-0.39, 0.29) is 6.04 Å². The molecule has 1 aromatic rings. The normalized spacial score (nSPS) is 14.2. The number of hydroxylamine groups is 1. The molecule has 0 bridgehead atoms. The van der Waals surface area contributed by atoms with Gasteiger partial charge in [0.2, 0.25) is 0 Å². The summed E-state index contributed by atoms with van der Waals surface area (Å²) in [6.45, 7) is 9.38. The third-order valence-corrected chi connectivity index (χ3v) is 3.28. The van der Waals surface area contributed by atoms with Gasteiger partial charge in [-0.15, -0.1) is 0 Å². The van der Waals surface area contributed by atoms with E-state index in [0.717, 1.165) is 30.1 Å². The van der Waals surface area contributed by atoms with Crippen molar-refractivity contribution in [3.05, 3.63) is 41.1 Å². The lowest BCUT2D eigenvalue weighted by atomic mass is 10.1. The molecule has 1 atom stereocenters. The van der Waals surface area contributed by atoms with E-state index >= 15 is 0 Å². The molecular formula is C15H27N5O. The zero-order valence-corrected chi connectivity index (χ0v) is 13.6. The highest BCUT2D eigenvalue weighted by Gasteiger charge is 2.04. The van der Waals surface area contributed by atoms with Gasteiger partial charge >= 0.3 is 0 Å². The summed E-state index contributed by atoms with van der Waals surface area (Å²) < 4.78 is 1.86. The summed E-state index contributed by atoms with van der Waals surface area (Å²) in [6.07, 6.45) is 5.69. The molecule has 118 valence electrons. The number of nitrogens with zero attached hydrogens (tertiary/aromatic N) is 2. The third-order valence-electron chi connectivity index (χ3n) is 3.28. The highest BCUT2D eigenvalue weighted by molar-refractivity contribution is 5.18. The molecule has 0 aromatic carbocycles. The van der Waals surface area contributed by atoms with Gasteiger partial charge in [0, 0.05) is 37.4 Å². The van der Waals surface area contributed by atoms with Crippen molar-refractivity contribution in [2.24, 2.45) is 12.8 Å². The van der Waals surface area contributed by atoms with Gasteiger partial charge < -0.3 is 15.9 Å². The monoisotopic (exact) mass is 293 g/mol. The van der Waals surface area contributed by atoms with Crippen LogP contribution < -0.4 is 16.5 Å². The molecule has 0 radical (unpaired) electrons. The Bertz CT molecular complexity index is 504. The van der Waals surface area contributed by atoms with E-state index in [0.29, 0.717) is 0 Å². The SMILES string of the molecule is CCNO/C(C)=C/C(N)/C(C)=C/NCc1cnn(C)c1C.